The summed E-state index contributed by atoms with van der Waals surface area (Å²) in [6.07, 6.45) is 9.04. The molecule has 0 spiro atoms. The highest BCUT2D eigenvalue weighted by Crippen LogP contribution is 2.44. The zero-order chi connectivity index (χ0) is 22.8. The summed E-state index contributed by atoms with van der Waals surface area (Å²) in [4.78, 5) is 34.7. The van der Waals surface area contributed by atoms with Gasteiger partial charge in [-0.05, 0) is 50.2 Å². The molecule has 3 N–H and O–H groups in total. The Kier molecular flexibility index (Phi) is 9.10. The highest BCUT2D eigenvalue weighted by Gasteiger charge is 2.47. The lowest BCUT2D eigenvalue weighted by atomic mass is 9.77. The van der Waals surface area contributed by atoms with Gasteiger partial charge in [0, 0.05) is 18.9 Å². The van der Waals surface area contributed by atoms with E-state index in [1.165, 1.54) is 0 Å². The monoisotopic (exact) mass is 444 g/mol. The van der Waals surface area contributed by atoms with Gasteiger partial charge in [-0.1, -0.05) is 30.4 Å². The standard InChI is InChI=1S/C24H32N2O6/c27-22(15-26-23(28)16-31-17-8-4-3-5-9-17)25-14-19-18(20-12-13-21(19)32-20)10-6-1-2-7-11-24(29)30/h1,3-6,8-9,18-21H,2,7,10-16H2,(H,25,27)(H,26,28)(H,29,30)/b6-1-/t18-,19+,20-,21+/m0/s1. The number of benzene rings is 1. The lowest BCUT2D eigenvalue weighted by molar-refractivity contribution is -0.137. The largest absolute Gasteiger partial charge is 0.484 e. The van der Waals surface area contributed by atoms with E-state index in [-0.39, 0.29) is 49.5 Å². The molecule has 2 bridgehead atoms. The van der Waals surface area contributed by atoms with Crippen LogP contribution in [0.3, 0.4) is 0 Å². The van der Waals surface area contributed by atoms with Crippen LogP contribution in [0.15, 0.2) is 42.5 Å². The second kappa shape index (κ2) is 12.2. The van der Waals surface area contributed by atoms with Gasteiger partial charge in [0.25, 0.3) is 5.91 Å². The van der Waals surface area contributed by atoms with Crippen LogP contribution in [0.1, 0.15) is 38.5 Å². The zero-order valence-electron chi connectivity index (χ0n) is 18.2. The van der Waals surface area contributed by atoms with Crippen molar-refractivity contribution in [3.8, 4) is 5.75 Å². The third-order valence-electron chi connectivity index (χ3n) is 6.02. The van der Waals surface area contributed by atoms with Crippen LogP contribution < -0.4 is 15.4 Å². The molecule has 2 fully saturated rings. The average molecular weight is 445 g/mol. The normalized spacial score (nSPS) is 23.9. The molecule has 3 rings (SSSR count). The molecular formula is C24H32N2O6. The van der Waals surface area contributed by atoms with E-state index < -0.39 is 5.97 Å². The summed E-state index contributed by atoms with van der Waals surface area (Å²) >= 11 is 0. The molecule has 174 valence electrons. The van der Waals surface area contributed by atoms with Gasteiger partial charge >= 0.3 is 5.97 Å². The van der Waals surface area contributed by atoms with Crippen molar-refractivity contribution in [2.75, 3.05) is 19.7 Å². The van der Waals surface area contributed by atoms with E-state index >= 15 is 0 Å². The molecule has 0 aliphatic carbocycles. The Morgan fingerprint density at radius 2 is 1.78 bits per heavy atom. The molecule has 0 aromatic heterocycles. The van der Waals surface area contributed by atoms with E-state index in [0.29, 0.717) is 24.6 Å². The molecule has 2 aliphatic heterocycles. The zero-order valence-corrected chi connectivity index (χ0v) is 18.2. The highest BCUT2D eigenvalue weighted by atomic mass is 16.5. The molecule has 8 nitrogen and oxygen atoms in total. The van der Waals surface area contributed by atoms with Crippen molar-refractivity contribution in [3.05, 3.63) is 42.5 Å². The highest BCUT2D eigenvalue weighted by molar-refractivity contribution is 5.85. The number of rotatable bonds is 13. The maximum Gasteiger partial charge on any atom is 0.303 e. The first-order valence-electron chi connectivity index (χ1n) is 11.3. The number of allylic oxidation sites excluding steroid dienone is 2. The maximum atomic E-state index is 12.2. The van der Waals surface area contributed by atoms with Crippen LogP contribution in [-0.4, -0.2) is 54.8 Å². The van der Waals surface area contributed by atoms with Crippen molar-refractivity contribution < 1.29 is 29.0 Å². The van der Waals surface area contributed by atoms with Gasteiger partial charge in [0.1, 0.15) is 5.75 Å². The van der Waals surface area contributed by atoms with Crippen LogP contribution in [0.4, 0.5) is 0 Å². The van der Waals surface area contributed by atoms with Crippen molar-refractivity contribution in [2.24, 2.45) is 11.8 Å². The van der Waals surface area contributed by atoms with Gasteiger partial charge in [0.05, 0.1) is 18.8 Å². The molecule has 2 aliphatic rings. The number of ether oxygens (including phenoxy) is 2. The molecule has 1 aromatic carbocycles. The number of nitrogens with one attached hydrogen (secondary N) is 2. The number of carboxylic acid groups (broad SMARTS) is 1. The predicted octanol–water partition coefficient (Wildman–Crippen LogP) is 2.29. The minimum absolute atomic E-state index is 0.0905. The Morgan fingerprint density at radius 3 is 2.53 bits per heavy atom. The molecule has 0 radical (unpaired) electrons. The number of aliphatic carboxylic acids is 1. The van der Waals surface area contributed by atoms with Crippen LogP contribution in [0.2, 0.25) is 0 Å². The fourth-order valence-corrected chi connectivity index (χ4v) is 4.41. The van der Waals surface area contributed by atoms with Crippen molar-refractivity contribution in [1.82, 2.24) is 10.6 Å². The van der Waals surface area contributed by atoms with Crippen molar-refractivity contribution in [3.63, 3.8) is 0 Å². The van der Waals surface area contributed by atoms with Crippen LogP contribution in [0.5, 0.6) is 5.75 Å². The SMILES string of the molecule is O=C(O)CCC/C=C\C[C@H]1[C@@H](CNC(=O)CNC(=O)COc2ccccc2)[C@H]2CC[C@@H]1O2. The number of hydrogen-bond donors (Lipinski definition) is 3. The number of unbranched alkanes of at least 4 members (excludes halogenated alkanes) is 1. The first kappa shape index (κ1) is 23.8. The quantitative estimate of drug-likeness (QED) is 0.318. The summed E-state index contributed by atoms with van der Waals surface area (Å²) < 4.78 is 11.4. The molecule has 2 amide bonds. The van der Waals surface area contributed by atoms with Gasteiger partial charge in [-0.15, -0.1) is 0 Å². The first-order chi connectivity index (χ1) is 15.5. The Hall–Kier alpha value is -2.87. The molecule has 32 heavy (non-hydrogen) atoms. The van der Waals surface area contributed by atoms with Crippen LogP contribution in [0.25, 0.3) is 0 Å². The molecule has 2 saturated heterocycles. The van der Waals surface area contributed by atoms with E-state index in [4.69, 9.17) is 14.6 Å². The van der Waals surface area contributed by atoms with E-state index in [1.807, 2.05) is 24.3 Å². The lowest BCUT2D eigenvalue weighted by Crippen LogP contribution is -2.43. The van der Waals surface area contributed by atoms with Crippen LogP contribution in [-0.2, 0) is 19.1 Å². The number of carboxylic acids is 1. The number of amides is 2. The molecule has 8 heteroatoms. The second-order valence-corrected chi connectivity index (χ2v) is 8.29. The summed E-state index contributed by atoms with van der Waals surface area (Å²) in [6, 6.07) is 9.03. The third kappa shape index (κ3) is 7.37. The lowest BCUT2D eigenvalue weighted by Gasteiger charge is -2.27. The summed E-state index contributed by atoms with van der Waals surface area (Å²) in [5.74, 6) is -0.153. The molecule has 1 aromatic rings. The summed E-state index contributed by atoms with van der Waals surface area (Å²) in [7, 11) is 0. The number of fused-ring (bicyclic) bond motifs is 2. The van der Waals surface area contributed by atoms with Crippen molar-refractivity contribution >= 4 is 17.8 Å². The first-order valence-corrected chi connectivity index (χ1v) is 11.3. The Morgan fingerprint density at radius 1 is 1.03 bits per heavy atom. The molecule has 2 heterocycles. The number of para-hydroxylation sites is 1. The minimum Gasteiger partial charge on any atom is -0.484 e. The smallest absolute Gasteiger partial charge is 0.303 e. The summed E-state index contributed by atoms with van der Waals surface area (Å²) in [5, 5.41) is 14.2. The van der Waals surface area contributed by atoms with Crippen molar-refractivity contribution in [2.45, 2.75) is 50.7 Å². The topological polar surface area (TPSA) is 114 Å². The summed E-state index contributed by atoms with van der Waals surface area (Å²) in [5.41, 5.74) is 0. The Bertz CT molecular complexity index is 797. The molecular weight excluding hydrogens is 412 g/mol. The fraction of sp³-hybridized carbons (Fsp3) is 0.542. The van der Waals surface area contributed by atoms with Gasteiger partial charge in [0.2, 0.25) is 5.91 Å². The van der Waals surface area contributed by atoms with E-state index in [9.17, 15) is 14.4 Å². The molecule has 4 atom stereocenters. The van der Waals surface area contributed by atoms with E-state index in [2.05, 4.69) is 16.7 Å². The fourth-order valence-electron chi connectivity index (χ4n) is 4.41. The van der Waals surface area contributed by atoms with Gasteiger partial charge < -0.3 is 25.2 Å². The van der Waals surface area contributed by atoms with Gasteiger partial charge in [0.15, 0.2) is 6.61 Å². The number of carbonyl (C=O) groups is 3. The second-order valence-electron chi connectivity index (χ2n) is 8.29. The molecule has 0 saturated carbocycles. The Labute approximate surface area is 188 Å². The van der Waals surface area contributed by atoms with E-state index in [0.717, 1.165) is 25.7 Å². The number of hydrogen-bond acceptors (Lipinski definition) is 5. The minimum atomic E-state index is -0.768. The Balaban J connectivity index is 1.34. The van der Waals surface area contributed by atoms with Crippen molar-refractivity contribution in [1.29, 1.82) is 0 Å². The van der Waals surface area contributed by atoms with Crippen LogP contribution in [0, 0.1) is 11.8 Å². The van der Waals surface area contributed by atoms with E-state index in [1.54, 1.807) is 12.1 Å². The maximum absolute atomic E-state index is 12.2. The van der Waals surface area contributed by atoms with Gasteiger partial charge in [-0.2, -0.15) is 0 Å². The van der Waals surface area contributed by atoms with Crippen LogP contribution >= 0.6 is 0 Å². The van der Waals surface area contributed by atoms with Gasteiger partial charge in [-0.3, -0.25) is 14.4 Å². The van der Waals surface area contributed by atoms with Gasteiger partial charge in [-0.25, -0.2) is 0 Å². The molecule has 0 unspecified atom stereocenters. The third-order valence-corrected chi connectivity index (χ3v) is 6.02. The predicted molar refractivity (Wildman–Crippen MR) is 118 cm³/mol. The number of carbonyl (C=O) groups excluding carboxylic acids is 2. The average Bonchev–Trinajstić information content (AvgIpc) is 3.39. The summed E-state index contributed by atoms with van der Waals surface area (Å²) in [6.45, 7) is 0.291.